The van der Waals surface area contributed by atoms with Gasteiger partial charge in [-0.25, -0.2) is 0 Å². The van der Waals surface area contributed by atoms with Crippen molar-refractivity contribution in [3.05, 3.63) is 87.9 Å². The number of hydrogen-bond donors (Lipinski definition) is 2. The number of allylic oxidation sites excluding steroid dienone is 3. The van der Waals surface area contributed by atoms with Gasteiger partial charge in [0.05, 0.1) is 11.5 Å². The van der Waals surface area contributed by atoms with Crippen molar-refractivity contribution >= 4 is 11.6 Å². The second-order valence-corrected chi connectivity index (χ2v) is 8.16. The lowest BCUT2D eigenvalue weighted by molar-refractivity contribution is -0.116. The van der Waals surface area contributed by atoms with Crippen molar-refractivity contribution in [1.82, 2.24) is 10.2 Å². The Morgan fingerprint density at radius 3 is 2.63 bits per heavy atom. The molecule has 2 heterocycles. The van der Waals surface area contributed by atoms with Crippen molar-refractivity contribution in [3.63, 3.8) is 0 Å². The van der Waals surface area contributed by atoms with E-state index < -0.39 is 5.92 Å². The molecule has 3 aliphatic rings. The summed E-state index contributed by atoms with van der Waals surface area (Å²) < 4.78 is 0. The number of nitrogens with one attached hydrogen (secondary N) is 1. The van der Waals surface area contributed by atoms with E-state index in [2.05, 4.69) is 10.2 Å². The molecule has 2 aromatic rings. The number of hydrogen-bond acceptors (Lipinski definition) is 5. The number of rotatable bonds is 3. The van der Waals surface area contributed by atoms with Crippen molar-refractivity contribution in [2.24, 2.45) is 0 Å². The number of aromatic hydroxyl groups is 1. The molecule has 0 bridgehead atoms. The zero-order valence-electron chi connectivity index (χ0n) is 16.9. The normalized spacial score (nSPS) is 20.8. The fourth-order valence-electron chi connectivity index (χ4n) is 4.88. The molecular formula is C25H24N2O3. The van der Waals surface area contributed by atoms with Gasteiger partial charge in [0, 0.05) is 41.9 Å². The SMILES string of the molecule is Cc1ccc(C(=O)C2=C3NCCN3C3=C(C(=O)CCC3)C2c2ccccc2O)cc1. The summed E-state index contributed by atoms with van der Waals surface area (Å²) in [5.74, 6) is 0.281. The van der Waals surface area contributed by atoms with Crippen LogP contribution in [0.4, 0.5) is 0 Å². The first-order chi connectivity index (χ1) is 14.6. The van der Waals surface area contributed by atoms with Crippen LogP contribution in [0.25, 0.3) is 0 Å². The molecule has 5 nitrogen and oxygen atoms in total. The van der Waals surface area contributed by atoms with E-state index in [0.717, 1.165) is 43.0 Å². The van der Waals surface area contributed by atoms with E-state index in [0.29, 0.717) is 28.7 Å². The second-order valence-electron chi connectivity index (χ2n) is 8.16. The van der Waals surface area contributed by atoms with Crippen LogP contribution in [0.2, 0.25) is 0 Å². The molecule has 5 heteroatoms. The van der Waals surface area contributed by atoms with Crippen molar-refractivity contribution in [3.8, 4) is 5.75 Å². The van der Waals surface area contributed by atoms with E-state index in [9.17, 15) is 14.7 Å². The Morgan fingerprint density at radius 2 is 1.87 bits per heavy atom. The van der Waals surface area contributed by atoms with Gasteiger partial charge in [-0.3, -0.25) is 9.59 Å². The number of Topliss-reactive ketones (excluding diaryl/α,β-unsaturated/α-hetero) is 2. The molecule has 0 amide bonds. The summed E-state index contributed by atoms with van der Waals surface area (Å²) in [4.78, 5) is 29.0. The predicted molar refractivity (Wildman–Crippen MR) is 114 cm³/mol. The first-order valence-electron chi connectivity index (χ1n) is 10.5. The smallest absolute Gasteiger partial charge is 0.193 e. The highest BCUT2D eigenvalue weighted by Gasteiger charge is 2.44. The summed E-state index contributed by atoms with van der Waals surface area (Å²) in [5, 5.41) is 14.1. The minimum Gasteiger partial charge on any atom is -0.508 e. The molecule has 1 fully saturated rings. The number of benzene rings is 2. The largest absolute Gasteiger partial charge is 0.508 e. The second kappa shape index (κ2) is 7.17. The quantitative estimate of drug-likeness (QED) is 0.767. The number of phenols is 1. The lowest BCUT2D eigenvalue weighted by Gasteiger charge is -2.39. The number of para-hydroxylation sites is 1. The number of aryl methyl sites for hydroxylation is 1. The number of phenolic OH excluding ortho intramolecular Hbond substituents is 1. The van der Waals surface area contributed by atoms with Gasteiger partial charge in [-0.15, -0.1) is 0 Å². The first kappa shape index (κ1) is 18.7. The number of carbonyl (C=O) groups excluding carboxylic acids is 2. The summed E-state index contributed by atoms with van der Waals surface area (Å²) in [6.07, 6.45) is 2.10. The Labute approximate surface area is 175 Å². The van der Waals surface area contributed by atoms with E-state index in [1.807, 2.05) is 43.3 Å². The van der Waals surface area contributed by atoms with Gasteiger partial charge in [0.15, 0.2) is 11.6 Å². The fourth-order valence-corrected chi connectivity index (χ4v) is 4.88. The Kier molecular flexibility index (Phi) is 4.46. The standard InChI is InChI=1S/C25H24N2O3/c1-15-9-11-16(12-10-15)24(30)23-21(17-5-2-3-7-19(17)28)22-18(6-4-8-20(22)29)27-14-13-26-25(23)27/h2-3,5,7,9-12,21,26,28H,4,6,8,13-14H2,1H3. The van der Waals surface area contributed by atoms with Crippen molar-refractivity contribution < 1.29 is 14.7 Å². The summed E-state index contributed by atoms with van der Waals surface area (Å²) in [6, 6.07) is 14.6. The van der Waals surface area contributed by atoms with E-state index in [1.54, 1.807) is 12.1 Å². The van der Waals surface area contributed by atoms with Crippen molar-refractivity contribution in [2.45, 2.75) is 32.1 Å². The number of carbonyl (C=O) groups is 2. The number of nitrogens with zero attached hydrogens (tertiary/aromatic N) is 1. The fraction of sp³-hybridized carbons (Fsp3) is 0.280. The van der Waals surface area contributed by atoms with Gasteiger partial charge in [-0.05, 0) is 25.8 Å². The van der Waals surface area contributed by atoms with Crippen LogP contribution in [0.3, 0.4) is 0 Å². The Balaban J connectivity index is 1.75. The van der Waals surface area contributed by atoms with Gasteiger partial charge in [0.2, 0.25) is 0 Å². The van der Waals surface area contributed by atoms with Gasteiger partial charge in [0.1, 0.15) is 11.6 Å². The monoisotopic (exact) mass is 400 g/mol. The van der Waals surface area contributed by atoms with Crippen LogP contribution < -0.4 is 5.32 Å². The van der Waals surface area contributed by atoms with Gasteiger partial charge >= 0.3 is 0 Å². The minimum absolute atomic E-state index is 0.0738. The van der Waals surface area contributed by atoms with Crippen molar-refractivity contribution in [2.75, 3.05) is 13.1 Å². The molecule has 2 N–H and O–H groups in total. The van der Waals surface area contributed by atoms with Crippen LogP contribution in [0.15, 0.2) is 71.2 Å². The zero-order chi connectivity index (χ0) is 20.8. The molecule has 2 aromatic carbocycles. The van der Waals surface area contributed by atoms with E-state index >= 15 is 0 Å². The topological polar surface area (TPSA) is 69.6 Å². The highest BCUT2D eigenvalue weighted by atomic mass is 16.3. The van der Waals surface area contributed by atoms with Crippen LogP contribution in [0.5, 0.6) is 5.75 Å². The zero-order valence-corrected chi connectivity index (χ0v) is 16.9. The molecular weight excluding hydrogens is 376 g/mol. The highest BCUT2D eigenvalue weighted by Crippen LogP contribution is 2.48. The Hall–Kier alpha value is -3.34. The van der Waals surface area contributed by atoms with Gasteiger partial charge in [-0.1, -0.05) is 48.0 Å². The molecule has 2 aliphatic heterocycles. The van der Waals surface area contributed by atoms with Gasteiger partial charge in [-0.2, -0.15) is 0 Å². The molecule has 152 valence electrons. The number of fused-ring (bicyclic) bond motifs is 2. The summed E-state index contributed by atoms with van der Waals surface area (Å²) in [5.41, 5.74) is 4.50. The minimum atomic E-state index is -0.570. The van der Waals surface area contributed by atoms with Gasteiger partial charge < -0.3 is 15.3 Å². The number of ketones is 2. The van der Waals surface area contributed by atoms with E-state index in [-0.39, 0.29) is 17.3 Å². The summed E-state index contributed by atoms with van der Waals surface area (Å²) in [7, 11) is 0. The van der Waals surface area contributed by atoms with Crippen LogP contribution >= 0.6 is 0 Å². The third-order valence-corrected chi connectivity index (χ3v) is 6.29. The molecule has 1 saturated heterocycles. The molecule has 0 saturated carbocycles. The summed E-state index contributed by atoms with van der Waals surface area (Å²) >= 11 is 0. The highest BCUT2D eigenvalue weighted by molar-refractivity contribution is 6.13. The molecule has 0 spiro atoms. The van der Waals surface area contributed by atoms with Crippen LogP contribution in [0, 0.1) is 6.92 Å². The van der Waals surface area contributed by atoms with Crippen LogP contribution in [-0.2, 0) is 4.79 Å². The first-order valence-corrected chi connectivity index (χ1v) is 10.5. The molecule has 5 rings (SSSR count). The third kappa shape index (κ3) is 2.84. The predicted octanol–water partition coefficient (Wildman–Crippen LogP) is 3.80. The molecule has 0 radical (unpaired) electrons. The van der Waals surface area contributed by atoms with Gasteiger partial charge in [0.25, 0.3) is 0 Å². The molecule has 1 aliphatic carbocycles. The van der Waals surface area contributed by atoms with Crippen LogP contribution in [-0.4, -0.2) is 34.7 Å². The molecule has 0 aromatic heterocycles. The molecule has 1 unspecified atom stereocenters. The maximum absolute atomic E-state index is 13.8. The van der Waals surface area contributed by atoms with E-state index in [4.69, 9.17) is 0 Å². The average Bonchev–Trinajstić information content (AvgIpc) is 3.23. The molecule has 1 atom stereocenters. The third-order valence-electron chi connectivity index (χ3n) is 6.29. The van der Waals surface area contributed by atoms with E-state index in [1.165, 1.54) is 0 Å². The molecule has 30 heavy (non-hydrogen) atoms. The summed E-state index contributed by atoms with van der Waals surface area (Å²) in [6.45, 7) is 3.44. The maximum atomic E-state index is 13.8. The Bertz CT molecular complexity index is 1110. The maximum Gasteiger partial charge on any atom is 0.193 e. The lowest BCUT2D eigenvalue weighted by atomic mass is 9.73. The lowest BCUT2D eigenvalue weighted by Crippen LogP contribution is -2.37. The Morgan fingerprint density at radius 1 is 1.10 bits per heavy atom. The average molecular weight is 400 g/mol. The van der Waals surface area contributed by atoms with Crippen LogP contribution in [0.1, 0.15) is 46.7 Å². The van der Waals surface area contributed by atoms with Crippen molar-refractivity contribution in [1.29, 1.82) is 0 Å².